The highest BCUT2D eigenvalue weighted by Gasteiger charge is 2.22. The number of halogens is 1. The normalized spacial score (nSPS) is 12.4. The van der Waals surface area contributed by atoms with Gasteiger partial charge in [0, 0.05) is 11.0 Å². The third-order valence-electron chi connectivity index (χ3n) is 3.46. The molecule has 0 amide bonds. The summed E-state index contributed by atoms with van der Waals surface area (Å²) >= 11 is 3.58. The van der Waals surface area contributed by atoms with Crippen LogP contribution < -0.4 is 10.1 Å². The van der Waals surface area contributed by atoms with Crippen molar-refractivity contribution in [1.82, 2.24) is 15.1 Å². The first kappa shape index (κ1) is 16.0. The van der Waals surface area contributed by atoms with E-state index in [1.807, 2.05) is 11.7 Å². The van der Waals surface area contributed by atoms with Crippen LogP contribution in [0.15, 0.2) is 28.9 Å². The Bertz CT molecular complexity index is 589. The molecular formula is C16H22BrN3O. The Morgan fingerprint density at radius 3 is 2.71 bits per heavy atom. The molecular weight excluding hydrogens is 330 g/mol. The van der Waals surface area contributed by atoms with Crippen molar-refractivity contribution >= 4 is 15.9 Å². The quantitative estimate of drug-likeness (QED) is 0.862. The number of ether oxygens (including phenoxy) is 1. The number of nitrogens with one attached hydrogen (secondary N) is 1. The van der Waals surface area contributed by atoms with Gasteiger partial charge in [-0.25, -0.2) is 0 Å². The van der Waals surface area contributed by atoms with Crippen molar-refractivity contribution in [3.63, 3.8) is 0 Å². The minimum absolute atomic E-state index is 0.0465. The van der Waals surface area contributed by atoms with E-state index in [0.29, 0.717) is 0 Å². The monoisotopic (exact) mass is 351 g/mol. The number of methoxy groups -OCH3 is 1. The third-order valence-corrected chi connectivity index (χ3v) is 3.92. The summed E-state index contributed by atoms with van der Waals surface area (Å²) < 4.78 is 8.61. The van der Waals surface area contributed by atoms with Gasteiger partial charge in [0.2, 0.25) is 0 Å². The highest BCUT2D eigenvalue weighted by atomic mass is 79.9. The van der Waals surface area contributed by atoms with Gasteiger partial charge in [-0.3, -0.25) is 4.68 Å². The Hall–Kier alpha value is -1.33. The van der Waals surface area contributed by atoms with Crippen LogP contribution in [0.3, 0.4) is 0 Å². The van der Waals surface area contributed by atoms with Crippen LogP contribution in [-0.4, -0.2) is 23.9 Å². The van der Waals surface area contributed by atoms with Gasteiger partial charge >= 0.3 is 0 Å². The summed E-state index contributed by atoms with van der Waals surface area (Å²) in [5.74, 6) is 0.820. The average molecular weight is 352 g/mol. The van der Waals surface area contributed by atoms with Crippen LogP contribution >= 0.6 is 15.9 Å². The number of rotatable bonds is 6. The molecule has 0 saturated carbocycles. The Balaban J connectivity index is 2.52. The predicted molar refractivity (Wildman–Crippen MR) is 88.9 cm³/mol. The van der Waals surface area contributed by atoms with Crippen molar-refractivity contribution in [2.45, 2.75) is 32.9 Å². The molecule has 0 radical (unpaired) electrons. The van der Waals surface area contributed by atoms with Gasteiger partial charge in [-0.15, -0.1) is 0 Å². The first-order chi connectivity index (χ1) is 10.1. The number of benzene rings is 1. The first-order valence-electron chi connectivity index (χ1n) is 7.14. The number of hydrogen-bond acceptors (Lipinski definition) is 3. The maximum absolute atomic E-state index is 5.50. The second-order valence-electron chi connectivity index (χ2n) is 5.10. The van der Waals surface area contributed by atoms with E-state index < -0.39 is 0 Å². The maximum Gasteiger partial charge on any atom is 0.161 e. The molecule has 1 aromatic heterocycles. The fourth-order valence-electron chi connectivity index (χ4n) is 2.61. The zero-order valence-corrected chi connectivity index (χ0v) is 14.6. The molecule has 5 heteroatoms. The molecule has 0 saturated heterocycles. The summed E-state index contributed by atoms with van der Waals surface area (Å²) in [4.78, 5) is 0. The molecule has 1 atom stereocenters. The van der Waals surface area contributed by atoms with Crippen LogP contribution in [0.1, 0.15) is 36.2 Å². The van der Waals surface area contributed by atoms with Crippen molar-refractivity contribution < 1.29 is 4.74 Å². The number of hydrogen-bond donors (Lipinski definition) is 1. The van der Waals surface area contributed by atoms with Crippen LogP contribution in [0.5, 0.6) is 5.75 Å². The van der Waals surface area contributed by atoms with E-state index in [9.17, 15) is 0 Å². The molecule has 114 valence electrons. The van der Waals surface area contributed by atoms with E-state index in [1.54, 1.807) is 13.3 Å². The SMILES string of the molecule is CCCn1ncc(OC)c1C(NC)c1cc(C)cc(Br)c1. The van der Waals surface area contributed by atoms with Crippen LogP contribution in [0.2, 0.25) is 0 Å². The molecule has 0 aliphatic carbocycles. The van der Waals surface area contributed by atoms with E-state index in [1.165, 1.54) is 11.1 Å². The van der Waals surface area contributed by atoms with Gasteiger partial charge in [0.1, 0.15) is 5.69 Å². The first-order valence-corrected chi connectivity index (χ1v) is 7.94. The third kappa shape index (κ3) is 3.47. The summed E-state index contributed by atoms with van der Waals surface area (Å²) in [6, 6.07) is 6.48. The Kier molecular flexibility index (Phi) is 5.42. The van der Waals surface area contributed by atoms with Gasteiger partial charge in [-0.2, -0.15) is 5.10 Å². The van der Waals surface area contributed by atoms with Gasteiger partial charge < -0.3 is 10.1 Å². The van der Waals surface area contributed by atoms with E-state index in [4.69, 9.17) is 4.74 Å². The molecule has 1 aromatic carbocycles. The minimum atomic E-state index is 0.0465. The summed E-state index contributed by atoms with van der Waals surface area (Å²) in [7, 11) is 3.65. The summed E-state index contributed by atoms with van der Waals surface area (Å²) in [5.41, 5.74) is 3.49. The van der Waals surface area contributed by atoms with Crippen molar-refractivity contribution in [1.29, 1.82) is 0 Å². The molecule has 4 nitrogen and oxygen atoms in total. The summed E-state index contributed by atoms with van der Waals surface area (Å²) in [6.07, 6.45) is 2.83. The van der Waals surface area contributed by atoms with Crippen LogP contribution in [0.25, 0.3) is 0 Å². The lowest BCUT2D eigenvalue weighted by Crippen LogP contribution is -2.22. The average Bonchev–Trinajstić information content (AvgIpc) is 2.82. The largest absolute Gasteiger partial charge is 0.493 e. The lowest BCUT2D eigenvalue weighted by molar-refractivity contribution is 0.400. The molecule has 0 bridgehead atoms. The second-order valence-corrected chi connectivity index (χ2v) is 6.02. The Morgan fingerprint density at radius 1 is 1.38 bits per heavy atom. The van der Waals surface area contributed by atoms with Gasteiger partial charge in [0.15, 0.2) is 5.75 Å². The molecule has 1 N–H and O–H groups in total. The standard InChI is InChI=1S/C16H22BrN3O/c1-5-6-20-16(14(21-4)10-19-20)15(18-3)12-7-11(2)8-13(17)9-12/h7-10,15,18H,5-6H2,1-4H3. The zero-order chi connectivity index (χ0) is 15.4. The van der Waals surface area contributed by atoms with Crippen LogP contribution in [0, 0.1) is 6.92 Å². The highest BCUT2D eigenvalue weighted by molar-refractivity contribution is 9.10. The number of aryl methyl sites for hydroxylation is 2. The van der Waals surface area contributed by atoms with Crippen molar-refractivity contribution in [2.75, 3.05) is 14.2 Å². The molecule has 0 aliphatic rings. The van der Waals surface area contributed by atoms with E-state index in [0.717, 1.165) is 28.9 Å². The molecule has 0 spiro atoms. The topological polar surface area (TPSA) is 39.1 Å². The van der Waals surface area contributed by atoms with Crippen molar-refractivity contribution in [3.8, 4) is 5.75 Å². The van der Waals surface area contributed by atoms with Gasteiger partial charge in [0.25, 0.3) is 0 Å². The zero-order valence-electron chi connectivity index (χ0n) is 13.0. The van der Waals surface area contributed by atoms with Crippen molar-refractivity contribution in [3.05, 3.63) is 45.7 Å². The van der Waals surface area contributed by atoms with Gasteiger partial charge in [-0.1, -0.05) is 28.9 Å². The summed E-state index contributed by atoms with van der Waals surface area (Å²) in [6.45, 7) is 5.13. The molecule has 21 heavy (non-hydrogen) atoms. The molecule has 1 heterocycles. The maximum atomic E-state index is 5.50. The second kappa shape index (κ2) is 7.09. The minimum Gasteiger partial charge on any atom is -0.493 e. The molecule has 0 aliphatic heterocycles. The lowest BCUT2D eigenvalue weighted by atomic mass is 10.0. The highest BCUT2D eigenvalue weighted by Crippen LogP contribution is 2.31. The van der Waals surface area contributed by atoms with Crippen LogP contribution in [-0.2, 0) is 6.54 Å². The Labute approximate surface area is 134 Å². The molecule has 2 rings (SSSR count). The number of nitrogens with zero attached hydrogens (tertiary/aromatic N) is 2. The van der Waals surface area contributed by atoms with Gasteiger partial charge in [-0.05, 0) is 43.7 Å². The lowest BCUT2D eigenvalue weighted by Gasteiger charge is -2.20. The fraction of sp³-hybridized carbons (Fsp3) is 0.438. The van der Waals surface area contributed by atoms with Gasteiger partial charge in [0.05, 0.1) is 19.3 Å². The summed E-state index contributed by atoms with van der Waals surface area (Å²) in [5, 5.41) is 7.84. The molecule has 1 unspecified atom stereocenters. The molecule has 2 aromatic rings. The van der Waals surface area contributed by atoms with Crippen LogP contribution in [0.4, 0.5) is 0 Å². The van der Waals surface area contributed by atoms with E-state index >= 15 is 0 Å². The predicted octanol–water partition coefficient (Wildman–Crippen LogP) is 3.68. The van der Waals surface area contributed by atoms with E-state index in [-0.39, 0.29) is 6.04 Å². The fourth-order valence-corrected chi connectivity index (χ4v) is 3.23. The van der Waals surface area contributed by atoms with E-state index in [2.05, 4.69) is 58.4 Å². The van der Waals surface area contributed by atoms with Crippen molar-refractivity contribution in [2.24, 2.45) is 0 Å². The Morgan fingerprint density at radius 2 is 2.14 bits per heavy atom. The number of aromatic nitrogens is 2. The molecule has 0 fully saturated rings. The smallest absolute Gasteiger partial charge is 0.161 e.